The highest BCUT2D eigenvalue weighted by Gasteiger charge is 2.15. The van der Waals surface area contributed by atoms with Gasteiger partial charge in [-0.25, -0.2) is 0 Å². The third-order valence-electron chi connectivity index (χ3n) is 2.35. The summed E-state index contributed by atoms with van der Waals surface area (Å²) in [5, 5.41) is 0. The summed E-state index contributed by atoms with van der Waals surface area (Å²) in [6, 6.07) is 0. The van der Waals surface area contributed by atoms with Crippen LogP contribution in [0.2, 0.25) is 0 Å². The molecule has 0 radical (unpaired) electrons. The summed E-state index contributed by atoms with van der Waals surface area (Å²) >= 11 is 0. The van der Waals surface area contributed by atoms with E-state index in [1.807, 2.05) is 34.6 Å². The van der Waals surface area contributed by atoms with Gasteiger partial charge in [0, 0.05) is 26.1 Å². The van der Waals surface area contributed by atoms with Gasteiger partial charge in [0.25, 0.3) is 0 Å². The Balaban J connectivity index is 0. The second kappa shape index (κ2) is 15.0. The summed E-state index contributed by atoms with van der Waals surface area (Å²) in [6.07, 6.45) is 4.30. The molecule has 0 aromatic carbocycles. The van der Waals surface area contributed by atoms with Crippen LogP contribution in [0, 0.1) is 0 Å². The second-order valence-corrected chi connectivity index (χ2v) is 5.77. The number of ether oxygens (including phenoxy) is 3. The molecular weight excluding hydrogens is 284 g/mol. The average Bonchev–Trinajstić information content (AvgIpc) is 2.38. The van der Waals surface area contributed by atoms with Gasteiger partial charge in [-0.2, -0.15) is 0 Å². The van der Waals surface area contributed by atoms with Crippen molar-refractivity contribution in [2.45, 2.75) is 85.5 Å². The van der Waals surface area contributed by atoms with E-state index in [1.165, 1.54) is 0 Å². The summed E-state index contributed by atoms with van der Waals surface area (Å²) < 4.78 is 15.6. The summed E-state index contributed by atoms with van der Waals surface area (Å²) in [4.78, 5) is 20.9. The minimum atomic E-state index is -0.418. The van der Waals surface area contributed by atoms with E-state index in [4.69, 9.17) is 14.2 Å². The molecule has 0 saturated carbocycles. The number of unbranched alkanes of at least 4 members (excludes halogenated alkanes) is 1. The van der Waals surface area contributed by atoms with E-state index in [0.29, 0.717) is 19.3 Å². The summed E-state index contributed by atoms with van der Waals surface area (Å²) in [6.45, 7) is 13.1. The van der Waals surface area contributed by atoms with Gasteiger partial charge >= 0.3 is 5.97 Å². The van der Waals surface area contributed by atoms with Crippen molar-refractivity contribution in [1.29, 1.82) is 0 Å². The molecule has 0 spiro atoms. The second-order valence-electron chi connectivity index (χ2n) is 5.77. The van der Waals surface area contributed by atoms with Gasteiger partial charge in [0.15, 0.2) is 6.29 Å². The van der Waals surface area contributed by atoms with Crippen LogP contribution >= 0.6 is 0 Å². The standard InChI is InChI=1S/C9H16O3.C8H18O2/c1-9(2,3)12-8(11)6-4-5-7-10;1-4-7-8(9-5-2)10-6-3/h7H,4-6H2,1-3H3;8H,4-7H2,1-3H3. The van der Waals surface area contributed by atoms with Gasteiger partial charge in [0.05, 0.1) is 0 Å². The number of esters is 1. The van der Waals surface area contributed by atoms with E-state index in [2.05, 4.69) is 6.92 Å². The minimum Gasteiger partial charge on any atom is -0.460 e. The van der Waals surface area contributed by atoms with Crippen molar-refractivity contribution < 1.29 is 23.8 Å². The van der Waals surface area contributed by atoms with Crippen molar-refractivity contribution in [1.82, 2.24) is 0 Å². The molecule has 5 heteroatoms. The molecule has 0 heterocycles. The van der Waals surface area contributed by atoms with Crippen LogP contribution in [0.5, 0.6) is 0 Å². The largest absolute Gasteiger partial charge is 0.460 e. The zero-order valence-electron chi connectivity index (χ0n) is 15.1. The van der Waals surface area contributed by atoms with Crippen molar-refractivity contribution in [3.05, 3.63) is 0 Å². The van der Waals surface area contributed by atoms with Crippen molar-refractivity contribution in [3.8, 4) is 0 Å². The molecule has 0 aliphatic carbocycles. The molecule has 132 valence electrons. The Kier molecular flexibility index (Phi) is 15.9. The van der Waals surface area contributed by atoms with Crippen molar-refractivity contribution >= 4 is 12.3 Å². The van der Waals surface area contributed by atoms with Crippen molar-refractivity contribution in [2.24, 2.45) is 0 Å². The molecule has 0 aliphatic heterocycles. The highest BCUT2D eigenvalue weighted by molar-refractivity contribution is 5.70. The maximum Gasteiger partial charge on any atom is 0.306 e. The topological polar surface area (TPSA) is 61.8 Å². The third-order valence-corrected chi connectivity index (χ3v) is 2.35. The summed E-state index contributed by atoms with van der Waals surface area (Å²) in [5.74, 6) is -0.232. The van der Waals surface area contributed by atoms with E-state index >= 15 is 0 Å². The lowest BCUT2D eigenvalue weighted by Gasteiger charge is -2.19. The Labute approximate surface area is 135 Å². The first-order valence-electron chi connectivity index (χ1n) is 8.19. The van der Waals surface area contributed by atoms with Gasteiger partial charge in [-0.05, 0) is 47.5 Å². The molecule has 0 aromatic heterocycles. The Bertz CT molecular complexity index is 256. The van der Waals surface area contributed by atoms with Gasteiger partial charge in [-0.1, -0.05) is 13.3 Å². The number of aldehydes is 1. The highest BCUT2D eigenvalue weighted by Crippen LogP contribution is 2.09. The molecule has 0 saturated heterocycles. The molecule has 0 N–H and O–H groups in total. The fraction of sp³-hybridized carbons (Fsp3) is 0.882. The fourth-order valence-corrected chi connectivity index (χ4v) is 1.54. The van der Waals surface area contributed by atoms with Crippen LogP contribution in [-0.4, -0.2) is 37.4 Å². The number of hydrogen-bond acceptors (Lipinski definition) is 5. The maximum absolute atomic E-state index is 11.0. The first kappa shape index (κ1) is 23.3. The number of carbonyl (C=O) groups excluding carboxylic acids is 2. The first-order valence-corrected chi connectivity index (χ1v) is 8.19. The van der Waals surface area contributed by atoms with Crippen LogP contribution in [0.25, 0.3) is 0 Å². The third kappa shape index (κ3) is 19.1. The molecule has 0 fully saturated rings. The monoisotopic (exact) mass is 318 g/mol. The molecule has 0 aromatic rings. The van der Waals surface area contributed by atoms with Crippen LogP contribution in [0.15, 0.2) is 0 Å². The lowest BCUT2D eigenvalue weighted by atomic mass is 10.2. The molecule has 5 nitrogen and oxygen atoms in total. The molecule has 0 atom stereocenters. The van der Waals surface area contributed by atoms with Gasteiger partial charge in [-0.15, -0.1) is 0 Å². The fourth-order valence-electron chi connectivity index (χ4n) is 1.54. The van der Waals surface area contributed by atoms with E-state index in [-0.39, 0.29) is 12.3 Å². The number of carbonyl (C=O) groups is 2. The van der Waals surface area contributed by atoms with Crippen LogP contribution in [0.1, 0.15) is 73.6 Å². The van der Waals surface area contributed by atoms with E-state index in [1.54, 1.807) is 0 Å². The lowest BCUT2D eigenvalue weighted by Crippen LogP contribution is -2.23. The van der Waals surface area contributed by atoms with Crippen LogP contribution in [-0.2, 0) is 23.8 Å². The first-order chi connectivity index (χ1) is 10.3. The SMILES string of the molecule is CC(C)(C)OC(=O)CCCC=O.CCCC(OCC)OCC. The quantitative estimate of drug-likeness (QED) is 0.265. The van der Waals surface area contributed by atoms with Gasteiger partial charge in [0.2, 0.25) is 0 Å². The Hall–Kier alpha value is -0.940. The molecule has 0 bridgehead atoms. The van der Waals surface area contributed by atoms with E-state index in [0.717, 1.165) is 32.3 Å². The summed E-state index contributed by atoms with van der Waals surface area (Å²) in [5.41, 5.74) is -0.418. The Morgan fingerprint density at radius 1 is 1.09 bits per heavy atom. The average molecular weight is 318 g/mol. The van der Waals surface area contributed by atoms with Gasteiger partial charge in [-0.3, -0.25) is 4.79 Å². The normalized spacial score (nSPS) is 10.9. The van der Waals surface area contributed by atoms with Crippen LogP contribution in [0.3, 0.4) is 0 Å². The smallest absolute Gasteiger partial charge is 0.306 e. The molecule has 0 unspecified atom stereocenters. The Morgan fingerprint density at radius 2 is 1.64 bits per heavy atom. The highest BCUT2D eigenvalue weighted by atomic mass is 16.7. The lowest BCUT2D eigenvalue weighted by molar-refractivity contribution is -0.154. The van der Waals surface area contributed by atoms with Gasteiger partial charge < -0.3 is 19.0 Å². The predicted octanol–water partition coefficient (Wildman–Crippen LogP) is 3.88. The maximum atomic E-state index is 11.0. The molecular formula is C17H34O5. The number of rotatable bonds is 10. The number of hydrogen-bond donors (Lipinski definition) is 0. The molecule has 22 heavy (non-hydrogen) atoms. The van der Waals surface area contributed by atoms with Crippen molar-refractivity contribution in [2.75, 3.05) is 13.2 Å². The zero-order valence-corrected chi connectivity index (χ0v) is 15.1. The van der Waals surface area contributed by atoms with E-state index in [9.17, 15) is 9.59 Å². The summed E-state index contributed by atoms with van der Waals surface area (Å²) in [7, 11) is 0. The van der Waals surface area contributed by atoms with Crippen LogP contribution < -0.4 is 0 Å². The van der Waals surface area contributed by atoms with E-state index < -0.39 is 5.60 Å². The Morgan fingerprint density at radius 3 is 2.00 bits per heavy atom. The predicted molar refractivity (Wildman–Crippen MR) is 87.7 cm³/mol. The van der Waals surface area contributed by atoms with Crippen LogP contribution in [0.4, 0.5) is 0 Å². The minimum absolute atomic E-state index is 0.0278. The van der Waals surface area contributed by atoms with Crippen molar-refractivity contribution in [3.63, 3.8) is 0 Å². The molecule has 0 rings (SSSR count). The molecule has 0 aliphatic rings. The molecule has 0 amide bonds. The zero-order chi connectivity index (χ0) is 17.4. The van der Waals surface area contributed by atoms with Gasteiger partial charge in [0.1, 0.15) is 11.9 Å².